The minimum atomic E-state index is -0.341. The van der Waals surface area contributed by atoms with E-state index in [9.17, 15) is 5.26 Å². The Morgan fingerprint density at radius 3 is 2.82 bits per heavy atom. The Balaban J connectivity index is 1.96. The first-order chi connectivity index (χ1) is 13.7. The lowest BCUT2D eigenvalue weighted by Crippen LogP contribution is -2.16. The molecule has 0 fully saturated rings. The zero-order valence-corrected chi connectivity index (χ0v) is 15.8. The number of benzene rings is 2. The Morgan fingerprint density at radius 1 is 1.25 bits per heavy atom. The summed E-state index contributed by atoms with van der Waals surface area (Å²) in [6, 6.07) is 17.5. The van der Waals surface area contributed by atoms with Crippen LogP contribution in [-0.4, -0.2) is 18.0 Å². The van der Waals surface area contributed by atoms with Crippen molar-refractivity contribution in [3.63, 3.8) is 0 Å². The Labute approximate surface area is 167 Å². The number of aliphatic imine (C=N–C) groups is 1. The maximum Gasteiger partial charge on any atom is 0.236 e. The van der Waals surface area contributed by atoms with E-state index in [1.807, 2.05) is 55.5 Å². The van der Waals surface area contributed by atoms with Gasteiger partial charge in [0, 0.05) is 22.2 Å². The van der Waals surface area contributed by atoms with Gasteiger partial charge in [-0.1, -0.05) is 41.9 Å². The fraction of sp³-hybridized carbons (Fsp3) is 0.136. The van der Waals surface area contributed by atoms with E-state index in [2.05, 4.69) is 16.0 Å². The number of aromatic nitrogens is 1. The first-order valence-corrected chi connectivity index (χ1v) is 9.20. The molecule has 0 bridgehead atoms. The number of halogens is 1. The molecule has 2 heterocycles. The molecule has 0 N–H and O–H groups in total. The van der Waals surface area contributed by atoms with Crippen molar-refractivity contribution in [2.45, 2.75) is 12.8 Å². The second-order valence-electron chi connectivity index (χ2n) is 6.17. The number of ether oxygens (including phenoxy) is 2. The zero-order valence-electron chi connectivity index (χ0n) is 15.1. The molecule has 138 valence electrons. The molecule has 6 heteroatoms. The number of allylic oxidation sites excluding steroid dienone is 1. The standard InChI is InChI=1S/C22H16ClN3O2/c1-2-27-13-26-22-18(12-24)19(14-5-8-16(23)9-6-14)17-10-7-15-4-3-11-25-20(15)21(17)28-22/h3-11,13,19H,2H2,1H3. The summed E-state index contributed by atoms with van der Waals surface area (Å²) in [6.45, 7) is 2.33. The fourth-order valence-electron chi connectivity index (χ4n) is 3.27. The first-order valence-electron chi connectivity index (χ1n) is 8.82. The molecule has 28 heavy (non-hydrogen) atoms. The highest BCUT2D eigenvalue weighted by atomic mass is 35.5. The molecule has 0 spiro atoms. The van der Waals surface area contributed by atoms with Gasteiger partial charge in [0.1, 0.15) is 17.2 Å². The van der Waals surface area contributed by atoms with Gasteiger partial charge in [0.25, 0.3) is 0 Å². The minimum Gasteiger partial charge on any atom is -0.483 e. The predicted molar refractivity (Wildman–Crippen MR) is 108 cm³/mol. The number of nitrogens with zero attached hydrogens (tertiary/aromatic N) is 3. The van der Waals surface area contributed by atoms with Crippen molar-refractivity contribution in [3.8, 4) is 11.8 Å². The molecule has 1 aromatic heterocycles. The third kappa shape index (κ3) is 3.19. The smallest absolute Gasteiger partial charge is 0.236 e. The van der Waals surface area contributed by atoms with Crippen LogP contribution in [0.25, 0.3) is 10.9 Å². The van der Waals surface area contributed by atoms with Gasteiger partial charge < -0.3 is 9.47 Å². The maximum absolute atomic E-state index is 9.90. The lowest BCUT2D eigenvalue weighted by molar-refractivity contribution is 0.336. The van der Waals surface area contributed by atoms with Crippen molar-refractivity contribution in [1.82, 2.24) is 4.98 Å². The zero-order chi connectivity index (χ0) is 19.5. The summed E-state index contributed by atoms with van der Waals surface area (Å²) >= 11 is 6.06. The molecular weight excluding hydrogens is 374 g/mol. The Bertz CT molecular complexity index is 1130. The van der Waals surface area contributed by atoms with Crippen LogP contribution < -0.4 is 4.74 Å². The molecule has 1 unspecified atom stereocenters. The molecule has 1 aliphatic rings. The van der Waals surface area contributed by atoms with Crippen LogP contribution in [0.5, 0.6) is 5.75 Å². The summed E-state index contributed by atoms with van der Waals surface area (Å²) in [5, 5.41) is 11.5. The molecule has 4 rings (SSSR count). The van der Waals surface area contributed by atoms with Crippen LogP contribution in [0.3, 0.4) is 0 Å². The fourth-order valence-corrected chi connectivity index (χ4v) is 3.39. The normalized spacial score (nSPS) is 16.0. The van der Waals surface area contributed by atoms with Gasteiger partial charge in [-0.25, -0.2) is 0 Å². The van der Waals surface area contributed by atoms with Crippen molar-refractivity contribution in [3.05, 3.63) is 82.3 Å². The molecule has 5 nitrogen and oxygen atoms in total. The summed E-state index contributed by atoms with van der Waals surface area (Å²) in [5.41, 5.74) is 2.91. The largest absolute Gasteiger partial charge is 0.483 e. The van der Waals surface area contributed by atoms with Crippen molar-refractivity contribution in [1.29, 1.82) is 5.26 Å². The highest BCUT2D eigenvalue weighted by Crippen LogP contribution is 2.45. The summed E-state index contributed by atoms with van der Waals surface area (Å²) in [7, 11) is 0. The molecule has 0 radical (unpaired) electrons. The van der Waals surface area contributed by atoms with E-state index in [0.29, 0.717) is 23.0 Å². The number of hydrogen-bond donors (Lipinski definition) is 0. The van der Waals surface area contributed by atoms with Crippen molar-refractivity contribution < 1.29 is 9.47 Å². The third-order valence-electron chi connectivity index (χ3n) is 4.52. The van der Waals surface area contributed by atoms with Crippen molar-refractivity contribution in [2.24, 2.45) is 4.99 Å². The van der Waals surface area contributed by atoms with E-state index >= 15 is 0 Å². The van der Waals surface area contributed by atoms with Gasteiger partial charge >= 0.3 is 0 Å². The molecule has 0 saturated carbocycles. The van der Waals surface area contributed by atoms with Crippen molar-refractivity contribution >= 4 is 28.9 Å². The van der Waals surface area contributed by atoms with Crippen molar-refractivity contribution in [2.75, 3.05) is 6.61 Å². The van der Waals surface area contributed by atoms with Crippen LogP contribution in [0, 0.1) is 11.3 Å². The molecule has 0 aliphatic carbocycles. The second kappa shape index (κ2) is 7.71. The predicted octanol–water partition coefficient (Wildman–Crippen LogP) is 5.21. The van der Waals surface area contributed by atoms with Crippen LogP contribution in [0.2, 0.25) is 5.02 Å². The van der Waals surface area contributed by atoms with Gasteiger partial charge in [-0.15, -0.1) is 0 Å². The highest BCUT2D eigenvalue weighted by Gasteiger charge is 2.33. The molecule has 3 aromatic rings. The number of fused-ring (bicyclic) bond motifs is 3. The summed E-state index contributed by atoms with van der Waals surface area (Å²) in [5.74, 6) is 0.466. The van der Waals surface area contributed by atoms with Crippen LogP contribution in [0.1, 0.15) is 24.0 Å². The highest BCUT2D eigenvalue weighted by molar-refractivity contribution is 6.30. The topological polar surface area (TPSA) is 67.5 Å². The lowest BCUT2D eigenvalue weighted by atomic mass is 9.83. The van der Waals surface area contributed by atoms with E-state index in [-0.39, 0.29) is 11.8 Å². The van der Waals surface area contributed by atoms with Crippen LogP contribution in [0.4, 0.5) is 0 Å². The molecule has 0 saturated heterocycles. The van der Waals surface area contributed by atoms with E-state index < -0.39 is 0 Å². The van der Waals surface area contributed by atoms with E-state index in [1.165, 1.54) is 6.40 Å². The maximum atomic E-state index is 9.90. The number of pyridine rings is 1. The molecular formula is C22H16ClN3O2. The van der Waals surface area contributed by atoms with E-state index in [1.54, 1.807) is 6.20 Å². The third-order valence-corrected chi connectivity index (χ3v) is 4.77. The second-order valence-corrected chi connectivity index (χ2v) is 6.60. The van der Waals surface area contributed by atoms with Gasteiger partial charge in [-0.2, -0.15) is 10.3 Å². The van der Waals surface area contributed by atoms with Gasteiger partial charge in [0.15, 0.2) is 12.2 Å². The van der Waals surface area contributed by atoms with Crippen LogP contribution in [-0.2, 0) is 4.74 Å². The van der Waals surface area contributed by atoms with Crippen LogP contribution in [0.15, 0.2) is 71.2 Å². The Hall–Kier alpha value is -3.36. The van der Waals surface area contributed by atoms with Crippen LogP contribution >= 0.6 is 11.6 Å². The molecule has 0 amide bonds. The Morgan fingerprint density at radius 2 is 2.07 bits per heavy atom. The number of nitriles is 1. The van der Waals surface area contributed by atoms with E-state index in [4.69, 9.17) is 21.1 Å². The van der Waals surface area contributed by atoms with Gasteiger partial charge in [-0.3, -0.25) is 4.98 Å². The number of rotatable bonds is 4. The average Bonchev–Trinajstić information content (AvgIpc) is 2.73. The number of hydrogen-bond acceptors (Lipinski definition) is 5. The minimum absolute atomic E-state index is 0.210. The lowest BCUT2D eigenvalue weighted by Gasteiger charge is -2.27. The van der Waals surface area contributed by atoms with Gasteiger partial charge in [-0.05, 0) is 30.7 Å². The molecule has 2 aromatic carbocycles. The first kappa shape index (κ1) is 18.0. The monoisotopic (exact) mass is 389 g/mol. The quantitative estimate of drug-likeness (QED) is 0.453. The van der Waals surface area contributed by atoms with Gasteiger partial charge in [0.2, 0.25) is 5.88 Å². The van der Waals surface area contributed by atoms with Gasteiger partial charge in [0.05, 0.1) is 12.5 Å². The average molecular weight is 390 g/mol. The SMILES string of the molecule is CCOC=NC1=C(C#N)C(c2ccc(Cl)cc2)c2ccc3cccnc3c2O1. The molecule has 1 atom stereocenters. The molecule has 1 aliphatic heterocycles. The summed E-state index contributed by atoms with van der Waals surface area (Å²) < 4.78 is 11.3. The summed E-state index contributed by atoms with van der Waals surface area (Å²) in [6.07, 6.45) is 3.02. The summed E-state index contributed by atoms with van der Waals surface area (Å²) in [4.78, 5) is 8.74. The Kier molecular flexibility index (Phi) is 4.96. The van der Waals surface area contributed by atoms with E-state index in [0.717, 1.165) is 22.0 Å².